The zero-order valence-electron chi connectivity index (χ0n) is 17.6. The summed E-state index contributed by atoms with van der Waals surface area (Å²) in [6.45, 7) is 2.37. The molecular weight excluding hydrogens is 396 g/mol. The van der Waals surface area contributed by atoms with E-state index in [1.165, 1.54) is 11.1 Å². The van der Waals surface area contributed by atoms with E-state index >= 15 is 0 Å². The van der Waals surface area contributed by atoms with Crippen LogP contribution in [0.5, 0.6) is 0 Å². The van der Waals surface area contributed by atoms with Crippen LogP contribution in [0.15, 0.2) is 48.5 Å². The standard InChI is InChI=1S/C24H28N2O5/c1-2-8-21(23(28)29)26-22(27)13-7-14-25-24(30)31-15-20-18-11-5-3-9-16(18)17-10-4-6-12-19(17)20/h3-6,9-12,20-21H,2,7-8,13-15H2,1H3,(H,25,30)(H,26,27)(H,28,29)/t21-/m0/s1. The molecule has 2 aromatic rings. The molecule has 2 aromatic carbocycles. The molecule has 0 saturated heterocycles. The molecule has 3 rings (SSSR count). The zero-order valence-corrected chi connectivity index (χ0v) is 17.6. The molecule has 0 radical (unpaired) electrons. The lowest BCUT2D eigenvalue weighted by atomic mass is 9.98. The highest BCUT2D eigenvalue weighted by molar-refractivity contribution is 5.83. The summed E-state index contributed by atoms with van der Waals surface area (Å²) in [5.74, 6) is -1.38. The number of rotatable bonds is 10. The van der Waals surface area contributed by atoms with Crippen molar-refractivity contribution in [3.63, 3.8) is 0 Å². The van der Waals surface area contributed by atoms with Gasteiger partial charge in [0.25, 0.3) is 0 Å². The number of ether oxygens (including phenoxy) is 1. The quantitative estimate of drug-likeness (QED) is 0.505. The SMILES string of the molecule is CCC[C@H](NC(=O)CCCNC(=O)OCC1c2ccccc2-c2ccccc21)C(=O)O. The van der Waals surface area contributed by atoms with Crippen molar-refractivity contribution in [3.05, 3.63) is 59.7 Å². The molecule has 2 amide bonds. The lowest BCUT2D eigenvalue weighted by Gasteiger charge is -2.15. The fourth-order valence-electron chi connectivity index (χ4n) is 3.90. The second-order valence-electron chi connectivity index (χ2n) is 7.60. The average Bonchev–Trinajstić information content (AvgIpc) is 3.09. The van der Waals surface area contributed by atoms with E-state index in [0.29, 0.717) is 19.3 Å². The van der Waals surface area contributed by atoms with Gasteiger partial charge in [-0.3, -0.25) is 4.79 Å². The van der Waals surface area contributed by atoms with Gasteiger partial charge in [0.15, 0.2) is 0 Å². The third-order valence-corrected chi connectivity index (χ3v) is 5.40. The summed E-state index contributed by atoms with van der Waals surface area (Å²) in [7, 11) is 0. The Morgan fingerprint density at radius 1 is 1.03 bits per heavy atom. The highest BCUT2D eigenvalue weighted by Crippen LogP contribution is 2.44. The number of aliphatic carboxylic acids is 1. The van der Waals surface area contributed by atoms with Crippen molar-refractivity contribution in [2.24, 2.45) is 0 Å². The van der Waals surface area contributed by atoms with Crippen LogP contribution in [0.2, 0.25) is 0 Å². The third kappa shape index (κ3) is 5.63. The summed E-state index contributed by atoms with van der Waals surface area (Å²) in [4.78, 5) is 35.1. The van der Waals surface area contributed by atoms with Crippen molar-refractivity contribution >= 4 is 18.0 Å². The van der Waals surface area contributed by atoms with E-state index in [2.05, 4.69) is 34.9 Å². The smallest absolute Gasteiger partial charge is 0.407 e. The highest BCUT2D eigenvalue weighted by atomic mass is 16.5. The topological polar surface area (TPSA) is 105 Å². The summed E-state index contributed by atoms with van der Waals surface area (Å²) in [5.41, 5.74) is 4.63. The van der Waals surface area contributed by atoms with Crippen molar-refractivity contribution in [1.82, 2.24) is 10.6 Å². The van der Waals surface area contributed by atoms with Crippen molar-refractivity contribution < 1.29 is 24.2 Å². The fourth-order valence-corrected chi connectivity index (χ4v) is 3.90. The maximum atomic E-state index is 12.1. The number of hydrogen-bond donors (Lipinski definition) is 3. The number of fused-ring (bicyclic) bond motifs is 3. The van der Waals surface area contributed by atoms with Crippen molar-refractivity contribution in [1.29, 1.82) is 0 Å². The zero-order chi connectivity index (χ0) is 22.2. The molecule has 0 heterocycles. The molecule has 0 unspecified atom stereocenters. The number of carboxylic acids is 1. The van der Waals surface area contributed by atoms with Crippen LogP contribution in [0.4, 0.5) is 4.79 Å². The Labute approximate surface area is 181 Å². The Balaban J connectivity index is 1.42. The minimum Gasteiger partial charge on any atom is -0.480 e. The first-order valence-corrected chi connectivity index (χ1v) is 10.6. The minimum absolute atomic E-state index is 0.00422. The van der Waals surface area contributed by atoms with E-state index < -0.39 is 18.1 Å². The van der Waals surface area contributed by atoms with E-state index in [1.807, 2.05) is 31.2 Å². The lowest BCUT2D eigenvalue weighted by Crippen LogP contribution is -2.40. The molecule has 0 bridgehead atoms. The number of carbonyl (C=O) groups is 3. The number of amides is 2. The number of nitrogens with one attached hydrogen (secondary N) is 2. The molecule has 1 aliphatic carbocycles. The monoisotopic (exact) mass is 424 g/mol. The van der Waals surface area contributed by atoms with Crippen LogP contribution in [0.1, 0.15) is 49.7 Å². The Morgan fingerprint density at radius 2 is 1.65 bits per heavy atom. The molecule has 31 heavy (non-hydrogen) atoms. The van der Waals surface area contributed by atoms with Crippen LogP contribution in [-0.4, -0.2) is 42.3 Å². The fraction of sp³-hybridized carbons (Fsp3) is 0.375. The third-order valence-electron chi connectivity index (χ3n) is 5.40. The number of alkyl carbamates (subject to hydrolysis) is 1. The summed E-state index contributed by atoms with van der Waals surface area (Å²) in [5, 5.41) is 14.2. The Bertz CT molecular complexity index is 898. The number of carbonyl (C=O) groups excluding carboxylic acids is 2. The molecule has 0 aromatic heterocycles. The van der Waals surface area contributed by atoms with E-state index in [1.54, 1.807) is 0 Å². The second kappa shape index (κ2) is 10.6. The molecule has 3 N–H and O–H groups in total. The van der Waals surface area contributed by atoms with Crippen molar-refractivity contribution in [2.75, 3.05) is 13.2 Å². The van der Waals surface area contributed by atoms with Gasteiger partial charge in [0.05, 0.1) is 0 Å². The summed E-state index contributed by atoms with van der Waals surface area (Å²) in [6, 6.07) is 15.4. The van der Waals surface area contributed by atoms with Gasteiger partial charge in [0, 0.05) is 18.9 Å². The maximum Gasteiger partial charge on any atom is 0.407 e. The van der Waals surface area contributed by atoms with Crippen LogP contribution in [0.3, 0.4) is 0 Å². The highest BCUT2D eigenvalue weighted by Gasteiger charge is 2.29. The van der Waals surface area contributed by atoms with Gasteiger partial charge >= 0.3 is 12.1 Å². The van der Waals surface area contributed by atoms with Crippen LogP contribution < -0.4 is 10.6 Å². The molecule has 0 aliphatic heterocycles. The summed E-state index contributed by atoms with van der Waals surface area (Å²) < 4.78 is 5.45. The first kappa shape index (κ1) is 22.3. The Hall–Kier alpha value is -3.35. The van der Waals surface area contributed by atoms with E-state index in [-0.39, 0.29) is 31.4 Å². The second-order valence-corrected chi connectivity index (χ2v) is 7.60. The largest absolute Gasteiger partial charge is 0.480 e. The first-order chi connectivity index (χ1) is 15.0. The van der Waals surface area contributed by atoms with Gasteiger partial charge in [0.2, 0.25) is 5.91 Å². The number of carboxylic acid groups (broad SMARTS) is 1. The maximum absolute atomic E-state index is 12.1. The molecule has 0 spiro atoms. The van der Waals surface area contributed by atoms with E-state index in [9.17, 15) is 14.4 Å². The van der Waals surface area contributed by atoms with Gasteiger partial charge in [0.1, 0.15) is 12.6 Å². The number of benzene rings is 2. The predicted octanol–water partition coefficient (Wildman–Crippen LogP) is 3.67. The summed E-state index contributed by atoms with van der Waals surface area (Å²) in [6.07, 6.45) is 1.06. The number of hydrogen-bond acceptors (Lipinski definition) is 4. The van der Waals surface area contributed by atoms with E-state index in [0.717, 1.165) is 11.1 Å². The van der Waals surface area contributed by atoms with Gasteiger partial charge < -0.3 is 20.5 Å². The lowest BCUT2D eigenvalue weighted by molar-refractivity contribution is -0.142. The van der Waals surface area contributed by atoms with Crippen molar-refractivity contribution in [3.8, 4) is 11.1 Å². The van der Waals surface area contributed by atoms with Crippen molar-refractivity contribution in [2.45, 2.75) is 44.6 Å². The molecular formula is C24H28N2O5. The normalized spacial score (nSPS) is 13.1. The summed E-state index contributed by atoms with van der Waals surface area (Å²) >= 11 is 0. The van der Waals surface area contributed by atoms with Gasteiger partial charge in [-0.1, -0.05) is 61.9 Å². The van der Waals surface area contributed by atoms with Gasteiger partial charge in [-0.15, -0.1) is 0 Å². The van der Waals surface area contributed by atoms with Crippen LogP contribution >= 0.6 is 0 Å². The van der Waals surface area contributed by atoms with E-state index in [4.69, 9.17) is 9.84 Å². The molecule has 0 fully saturated rings. The Kier molecular flexibility index (Phi) is 7.65. The molecule has 164 valence electrons. The minimum atomic E-state index is -1.04. The first-order valence-electron chi connectivity index (χ1n) is 10.6. The van der Waals surface area contributed by atoms with Gasteiger partial charge in [-0.25, -0.2) is 9.59 Å². The predicted molar refractivity (Wildman–Crippen MR) is 117 cm³/mol. The van der Waals surface area contributed by atoms with Crippen LogP contribution in [0.25, 0.3) is 11.1 Å². The van der Waals surface area contributed by atoms with Crippen LogP contribution in [0, 0.1) is 0 Å². The average molecular weight is 424 g/mol. The van der Waals surface area contributed by atoms with Gasteiger partial charge in [-0.05, 0) is 35.1 Å². The Morgan fingerprint density at radius 3 is 2.23 bits per heavy atom. The molecule has 1 atom stereocenters. The van der Waals surface area contributed by atoms with Crippen LogP contribution in [-0.2, 0) is 14.3 Å². The molecule has 1 aliphatic rings. The van der Waals surface area contributed by atoms with Gasteiger partial charge in [-0.2, -0.15) is 0 Å². The molecule has 7 nitrogen and oxygen atoms in total. The molecule has 0 saturated carbocycles. The molecule has 7 heteroatoms.